The molecule has 1 saturated heterocycles. The van der Waals surface area contributed by atoms with Crippen LogP contribution in [0.1, 0.15) is 38.4 Å². The SMILES string of the molecule is CC(C)N1CCC(c2nc3ccc(-c4ccsc4)cn3n2)CC1. The number of fused-ring (bicyclic) bond motifs is 1. The van der Waals surface area contributed by atoms with Gasteiger partial charge in [0.15, 0.2) is 11.5 Å². The molecule has 1 aliphatic heterocycles. The molecule has 0 bridgehead atoms. The lowest BCUT2D eigenvalue weighted by atomic mass is 9.95. The van der Waals surface area contributed by atoms with E-state index in [1.165, 1.54) is 11.1 Å². The summed E-state index contributed by atoms with van der Waals surface area (Å²) < 4.78 is 1.94. The van der Waals surface area contributed by atoms with Crippen LogP contribution >= 0.6 is 11.3 Å². The van der Waals surface area contributed by atoms with Crippen molar-refractivity contribution in [1.82, 2.24) is 19.5 Å². The third kappa shape index (κ3) is 2.91. The fourth-order valence-electron chi connectivity index (χ4n) is 3.35. The molecule has 0 spiro atoms. The number of aromatic nitrogens is 3. The zero-order valence-corrected chi connectivity index (χ0v) is 14.5. The Hall–Kier alpha value is -1.72. The Morgan fingerprint density at radius 2 is 1.96 bits per heavy atom. The molecule has 1 aliphatic rings. The van der Waals surface area contributed by atoms with Crippen molar-refractivity contribution in [3.8, 4) is 11.1 Å². The molecule has 0 unspecified atom stereocenters. The highest BCUT2D eigenvalue weighted by atomic mass is 32.1. The molecule has 4 rings (SSSR count). The van der Waals surface area contributed by atoms with Gasteiger partial charge in [-0.25, -0.2) is 9.50 Å². The smallest absolute Gasteiger partial charge is 0.155 e. The van der Waals surface area contributed by atoms with Gasteiger partial charge >= 0.3 is 0 Å². The predicted octanol–water partition coefficient (Wildman–Crippen LogP) is 4.05. The minimum Gasteiger partial charge on any atom is -0.301 e. The molecule has 0 amide bonds. The highest BCUT2D eigenvalue weighted by Gasteiger charge is 2.25. The zero-order valence-electron chi connectivity index (χ0n) is 13.6. The van der Waals surface area contributed by atoms with Crippen LogP contribution in [-0.4, -0.2) is 38.6 Å². The molecule has 5 heteroatoms. The average Bonchev–Trinajstić information content (AvgIpc) is 3.23. The molecular weight excluding hydrogens is 304 g/mol. The fourth-order valence-corrected chi connectivity index (χ4v) is 4.01. The van der Waals surface area contributed by atoms with Crippen molar-refractivity contribution in [3.63, 3.8) is 0 Å². The number of rotatable bonds is 3. The zero-order chi connectivity index (χ0) is 15.8. The summed E-state index contributed by atoms with van der Waals surface area (Å²) in [6.45, 7) is 6.85. The maximum atomic E-state index is 4.77. The third-order valence-corrected chi connectivity index (χ3v) is 5.51. The van der Waals surface area contributed by atoms with Gasteiger partial charge in [0, 0.05) is 23.7 Å². The van der Waals surface area contributed by atoms with Crippen LogP contribution in [0.25, 0.3) is 16.8 Å². The van der Waals surface area contributed by atoms with E-state index in [1.807, 2.05) is 4.52 Å². The highest BCUT2D eigenvalue weighted by molar-refractivity contribution is 7.08. The number of piperidine rings is 1. The predicted molar refractivity (Wildman–Crippen MR) is 95.0 cm³/mol. The van der Waals surface area contributed by atoms with E-state index in [1.54, 1.807) is 11.3 Å². The van der Waals surface area contributed by atoms with E-state index in [9.17, 15) is 0 Å². The first-order valence-electron chi connectivity index (χ1n) is 8.33. The van der Waals surface area contributed by atoms with Crippen molar-refractivity contribution in [2.24, 2.45) is 0 Å². The number of pyridine rings is 1. The monoisotopic (exact) mass is 326 g/mol. The Morgan fingerprint density at radius 3 is 2.65 bits per heavy atom. The van der Waals surface area contributed by atoms with Crippen molar-refractivity contribution in [2.45, 2.75) is 38.6 Å². The molecular formula is C18H22N4S. The molecule has 1 fully saturated rings. The average molecular weight is 326 g/mol. The lowest BCUT2D eigenvalue weighted by Gasteiger charge is -2.33. The normalized spacial score (nSPS) is 17.3. The highest BCUT2D eigenvalue weighted by Crippen LogP contribution is 2.28. The van der Waals surface area contributed by atoms with Crippen molar-refractivity contribution in [1.29, 1.82) is 0 Å². The van der Waals surface area contributed by atoms with Crippen LogP contribution in [0.3, 0.4) is 0 Å². The summed E-state index contributed by atoms with van der Waals surface area (Å²) in [4.78, 5) is 7.31. The van der Waals surface area contributed by atoms with Gasteiger partial charge in [0.1, 0.15) is 0 Å². The molecule has 0 N–H and O–H groups in total. The lowest BCUT2D eigenvalue weighted by Crippen LogP contribution is -2.38. The van der Waals surface area contributed by atoms with E-state index in [-0.39, 0.29) is 0 Å². The number of nitrogens with zero attached hydrogens (tertiary/aromatic N) is 4. The summed E-state index contributed by atoms with van der Waals surface area (Å²) in [5, 5.41) is 9.04. The van der Waals surface area contributed by atoms with E-state index in [0.717, 1.165) is 37.4 Å². The van der Waals surface area contributed by atoms with Gasteiger partial charge in [0.05, 0.1) is 0 Å². The molecule has 3 aromatic heterocycles. The second-order valence-corrected chi connectivity index (χ2v) is 7.39. The maximum absolute atomic E-state index is 4.77. The minimum absolute atomic E-state index is 0.495. The van der Waals surface area contributed by atoms with Crippen LogP contribution in [0, 0.1) is 0 Å². The Bertz CT molecular complexity index is 783. The molecule has 120 valence electrons. The number of thiophene rings is 1. The second-order valence-electron chi connectivity index (χ2n) is 6.61. The first-order chi connectivity index (χ1) is 11.2. The van der Waals surface area contributed by atoms with Gasteiger partial charge in [-0.05, 0) is 74.3 Å². The number of hydrogen-bond donors (Lipinski definition) is 0. The van der Waals surface area contributed by atoms with E-state index in [4.69, 9.17) is 10.1 Å². The van der Waals surface area contributed by atoms with E-state index in [0.29, 0.717) is 12.0 Å². The van der Waals surface area contributed by atoms with Gasteiger partial charge in [-0.2, -0.15) is 16.4 Å². The van der Waals surface area contributed by atoms with Crippen LogP contribution < -0.4 is 0 Å². The topological polar surface area (TPSA) is 33.4 Å². The van der Waals surface area contributed by atoms with Crippen LogP contribution in [0.15, 0.2) is 35.2 Å². The summed E-state index contributed by atoms with van der Waals surface area (Å²) in [6, 6.07) is 6.99. The van der Waals surface area contributed by atoms with Gasteiger partial charge in [-0.3, -0.25) is 0 Å². The summed E-state index contributed by atoms with van der Waals surface area (Å²) in [5.41, 5.74) is 3.40. The molecule has 0 radical (unpaired) electrons. The number of likely N-dealkylation sites (tertiary alicyclic amines) is 1. The molecule has 0 saturated carbocycles. The molecule has 4 nitrogen and oxygen atoms in total. The van der Waals surface area contributed by atoms with Crippen molar-refractivity contribution >= 4 is 17.0 Å². The van der Waals surface area contributed by atoms with Crippen LogP contribution in [0.4, 0.5) is 0 Å². The molecule has 4 heterocycles. The molecule has 3 aromatic rings. The van der Waals surface area contributed by atoms with Gasteiger partial charge in [0.25, 0.3) is 0 Å². The Balaban J connectivity index is 1.57. The van der Waals surface area contributed by atoms with Crippen LogP contribution in [-0.2, 0) is 0 Å². The van der Waals surface area contributed by atoms with Crippen molar-refractivity contribution < 1.29 is 0 Å². The lowest BCUT2D eigenvalue weighted by molar-refractivity contribution is 0.169. The minimum atomic E-state index is 0.495. The standard InChI is InChI=1S/C18H22N4S/c1-13(2)21-8-5-14(6-9-21)18-19-17-4-3-15(11-22(17)20-18)16-7-10-23-12-16/h3-4,7,10-14H,5-6,8-9H2,1-2H3. The van der Waals surface area contributed by atoms with E-state index < -0.39 is 0 Å². The van der Waals surface area contributed by atoms with Crippen molar-refractivity contribution in [3.05, 3.63) is 41.0 Å². The quantitative estimate of drug-likeness (QED) is 0.728. The molecule has 0 aromatic carbocycles. The van der Waals surface area contributed by atoms with Gasteiger partial charge in [-0.15, -0.1) is 0 Å². The van der Waals surface area contributed by atoms with Gasteiger partial charge < -0.3 is 4.90 Å². The Labute approximate surface area is 140 Å². The Morgan fingerprint density at radius 1 is 1.13 bits per heavy atom. The largest absolute Gasteiger partial charge is 0.301 e. The molecule has 0 atom stereocenters. The maximum Gasteiger partial charge on any atom is 0.155 e. The summed E-state index contributed by atoms with van der Waals surface area (Å²) >= 11 is 1.72. The summed E-state index contributed by atoms with van der Waals surface area (Å²) in [5.74, 6) is 1.50. The third-order valence-electron chi connectivity index (χ3n) is 4.83. The second kappa shape index (κ2) is 6.06. The molecule has 23 heavy (non-hydrogen) atoms. The van der Waals surface area contributed by atoms with E-state index in [2.05, 4.69) is 53.9 Å². The first kappa shape index (κ1) is 14.8. The summed E-state index contributed by atoms with van der Waals surface area (Å²) in [6.07, 6.45) is 4.41. The summed E-state index contributed by atoms with van der Waals surface area (Å²) in [7, 11) is 0. The fraction of sp³-hybridized carbons (Fsp3) is 0.444. The Kier molecular flexibility index (Phi) is 3.91. The molecule has 0 aliphatic carbocycles. The van der Waals surface area contributed by atoms with Gasteiger partial charge in [-0.1, -0.05) is 0 Å². The first-order valence-corrected chi connectivity index (χ1v) is 9.28. The van der Waals surface area contributed by atoms with Crippen molar-refractivity contribution in [2.75, 3.05) is 13.1 Å². The number of hydrogen-bond acceptors (Lipinski definition) is 4. The van der Waals surface area contributed by atoms with Crippen LogP contribution in [0.2, 0.25) is 0 Å². The van der Waals surface area contributed by atoms with Crippen LogP contribution in [0.5, 0.6) is 0 Å². The van der Waals surface area contributed by atoms with Gasteiger partial charge in [0.2, 0.25) is 0 Å². The van der Waals surface area contributed by atoms with E-state index >= 15 is 0 Å².